The van der Waals surface area contributed by atoms with Crippen LogP contribution in [-0.2, 0) is 35.1 Å². The molecule has 0 aliphatic heterocycles. The number of amides is 4. The number of aromatic hydroxyl groups is 1. The number of alkyl carbamates (subject to hydrolysis) is 1. The Hall–Kier alpha value is -4.61. The summed E-state index contributed by atoms with van der Waals surface area (Å²) in [5, 5.41) is 15.3. The normalized spacial score (nSPS) is 17.9. The highest BCUT2D eigenvalue weighted by Crippen LogP contribution is 2.41. The summed E-state index contributed by atoms with van der Waals surface area (Å²) in [5.74, 6) is -3.02. The van der Waals surface area contributed by atoms with Gasteiger partial charge in [-0.2, -0.15) is 0 Å². The van der Waals surface area contributed by atoms with Crippen molar-refractivity contribution in [3.8, 4) is 5.75 Å². The molecule has 0 aromatic heterocycles. The van der Waals surface area contributed by atoms with Crippen LogP contribution in [0.1, 0.15) is 78.5 Å². The summed E-state index contributed by atoms with van der Waals surface area (Å²) >= 11 is 0. The molecule has 250 valence electrons. The standard InChI is InChI=1S/C34H46N4O8/c1-20-17-26(20)38(30(42)24(19-27(35)40)37-32(44)46-34(5,6)7)28(22-13-15-23(39)16-14-22)29(41)36-25(31(43)45-33(2,3)4)18-21-11-9-8-10-12-21/h8-16,20,24-26,28,39H,17-19H2,1-7H3,(H2,35,40)(H,36,41)(H,37,44). The Bertz CT molecular complexity index is 1400. The lowest BCUT2D eigenvalue weighted by Gasteiger charge is -2.35. The molecule has 0 radical (unpaired) electrons. The summed E-state index contributed by atoms with van der Waals surface area (Å²) in [5.41, 5.74) is 4.85. The number of hydrogen-bond donors (Lipinski definition) is 4. The van der Waals surface area contributed by atoms with Crippen molar-refractivity contribution >= 4 is 29.8 Å². The van der Waals surface area contributed by atoms with Crippen LogP contribution in [0.2, 0.25) is 0 Å². The molecule has 12 nitrogen and oxygen atoms in total. The van der Waals surface area contributed by atoms with Gasteiger partial charge in [0, 0.05) is 12.5 Å². The second-order valence-corrected chi connectivity index (χ2v) is 13.7. The van der Waals surface area contributed by atoms with Gasteiger partial charge >= 0.3 is 12.1 Å². The fourth-order valence-electron chi connectivity index (χ4n) is 4.96. The van der Waals surface area contributed by atoms with Crippen LogP contribution >= 0.6 is 0 Å². The molecule has 12 heteroatoms. The van der Waals surface area contributed by atoms with Crippen molar-refractivity contribution in [2.75, 3.05) is 0 Å². The number of phenols is 1. The molecule has 0 bridgehead atoms. The second kappa shape index (κ2) is 14.7. The average molecular weight is 639 g/mol. The first-order valence-corrected chi connectivity index (χ1v) is 15.3. The quantitative estimate of drug-likeness (QED) is 0.255. The van der Waals surface area contributed by atoms with Crippen molar-refractivity contribution in [2.45, 2.75) is 103 Å². The van der Waals surface area contributed by atoms with Gasteiger partial charge < -0.3 is 35.8 Å². The zero-order valence-electron chi connectivity index (χ0n) is 27.5. The lowest BCUT2D eigenvalue weighted by Crippen LogP contribution is -2.56. The number of carbonyl (C=O) groups excluding carboxylic acids is 5. The lowest BCUT2D eigenvalue weighted by molar-refractivity contribution is -0.159. The molecule has 1 aliphatic carbocycles. The average Bonchev–Trinajstić information content (AvgIpc) is 3.65. The van der Waals surface area contributed by atoms with Crippen molar-refractivity contribution in [3.05, 3.63) is 65.7 Å². The fraction of sp³-hybridized carbons (Fsp3) is 0.500. The molecule has 0 spiro atoms. The number of hydrogen-bond acceptors (Lipinski definition) is 8. The summed E-state index contributed by atoms with van der Waals surface area (Å²) in [4.78, 5) is 68.2. The van der Waals surface area contributed by atoms with Gasteiger partial charge in [0.25, 0.3) is 0 Å². The first kappa shape index (κ1) is 35.9. The van der Waals surface area contributed by atoms with Gasteiger partial charge in [-0.1, -0.05) is 49.4 Å². The number of nitrogens with two attached hydrogens (primary N) is 1. The number of rotatable bonds is 12. The van der Waals surface area contributed by atoms with Gasteiger partial charge in [-0.3, -0.25) is 14.4 Å². The van der Waals surface area contributed by atoms with Gasteiger partial charge in [0.05, 0.1) is 6.42 Å². The summed E-state index contributed by atoms with van der Waals surface area (Å²) in [7, 11) is 0. The minimum atomic E-state index is -1.45. The maximum Gasteiger partial charge on any atom is 0.408 e. The Morgan fingerprint density at radius 1 is 0.891 bits per heavy atom. The highest BCUT2D eigenvalue weighted by molar-refractivity contribution is 5.96. The van der Waals surface area contributed by atoms with Crippen LogP contribution in [0.4, 0.5) is 4.79 Å². The number of ether oxygens (including phenoxy) is 2. The minimum Gasteiger partial charge on any atom is -0.508 e. The summed E-state index contributed by atoms with van der Waals surface area (Å²) < 4.78 is 11.0. The monoisotopic (exact) mass is 638 g/mol. The maximum absolute atomic E-state index is 14.4. The van der Waals surface area contributed by atoms with Crippen LogP contribution in [0.25, 0.3) is 0 Å². The molecular weight excluding hydrogens is 592 g/mol. The van der Waals surface area contributed by atoms with E-state index in [-0.39, 0.29) is 18.1 Å². The maximum atomic E-state index is 14.4. The van der Waals surface area contributed by atoms with Crippen molar-refractivity contribution in [1.29, 1.82) is 0 Å². The number of nitrogens with zero attached hydrogens (tertiary/aromatic N) is 1. The van der Waals surface area contributed by atoms with E-state index < -0.39 is 71.6 Å². The smallest absolute Gasteiger partial charge is 0.408 e. The Morgan fingerprint density at radius 2 is 1.46 bits per heavy atom. The van der Waals surface area contributed by atoms with Crippen LogP contribution in [0.3, 0.4) is 0 Å². The van der Waals surface area contributed by atoms with Crippen LogP contribution in [-0.4, -0.2) is 69.1 Å². The third-order valence-corrected chi connectivity index (χ3v) is 7.10. The predicted octanol–water partition coefficient (Wildman–Crippen LogP) is 3.51. The van der Waals surface area contributed by atoms with Gasteiger partial charge in [0.1, 0.15) is 35.1 Å². The Labute approximate surface area is 270 Å². The van der Waals surface area contributed by atoms with E-state index in [1.165, 1.54) is 29.2 Å². The number of carbonyl (C=O) groups is 5. The van der Waals surface area contributed by atoms with Gasteiger partial charge in [0.2, 0.25) is 17.7 Å². The van der Waals surface area contributed by atoms with Crippen molar-refractivity contribution in [3.63, 3.8) is 0 Å². The Kier molecular flexibility index (Phi) is 11.4. The summed E-state index contributed by atoms with van der Waals surface area (Å²) in [6.07, 6.45) is -0.826. The van der Waals surface area contributed by atoms with Crippen molar-refractivity contribution in [1.82, 2.24) is 15.5 Å². The van der Waals surface area contributed by atoms with E-state index in [0.717, 1.165) is 5.56 Å². The van der Waals surface area contributed by atoms with E-state index in [2.05, 4.69) is 10.6 Å². The number of nitrogens with one attached hydrogen (secondary N) is 2. The zero-order valence-corrected chi connectivity index (χ0v) is 27.5. The first-order valence-electron chi connectivity index (χ1n) is 15.3. The Balaban J connectivity index is 2.06. The molecule has 3 rings (SSSR count). The topological polar surface area (TPSA) is 177 Å². The van der Waals surface area contributed by atoms with Crippen LogP contribution in [0.5, 0.6) is 5.75 Å². The van der Waals surface area contributed by atoms with Gasteiger partial charge in [-0.05, 0) is 77.1 Å². The first-order chi connectivity index (χ1) is 21.3. The molecule has 5 unspecified atom stereocenters. The summed E-state index contributed by atoms with van der Waals surface area (Å²) in [6, 6.07) is 10.5. The third-order valence-electron chi connectivity index (χ3n) is 7.10. The molecule has 5 atom stereocenters. The fourth-order valence-corrected chi connectivity index (χ4v) is 4.96. The Morgan fingerprint density at radius 3 is 1.96 bits per heavy atom. The molecule has 5 N–H and O–H groups in total. The van der Waals surface area contributed by atoms with Crippen LogP contribution in [0.15, 0.2) is 54.6 Å². The largest absolute Gasteiger partial charge is 0.508 e. The highest BCUT2D eigenvalue weighted by atomic mass is 16.6. The molecule has 1 saturated carbocycles. The molecule has 1 fully saturated rings. The number of esters is 1. The van der Waals surface area contributed by atoms with Crippen LogP contribution < -0.4 is 16.4 Å². The van der Waals surface area contributed by atoms with E-state index in [4.69, 9.17) is 15.2 Å². The molecule has 46 heavy (non-hydrogen) atoms. The lowest BCUT2D eigenvalue weighted by atomic mass is 9.99. The number of benzene rings is 2. The zero-order chi connectivity index (χ0) is 34.4. The summed E-state index contributed by atoms with van der Waals surface area (Å²) in [6.45, 7) is 12.0. The molecule has 0 saturated heterocycles. The molecule has 4 amide bonds. The van der Waals surface area contributed by atoms with E-state index in [0.29, 0.717) is 12.0 Å². The number of primary amides is 1. The molecule has 2 aromatic rings. The van der Waals surface area contributed by atoms with Crippen molar-refractivity contribution < 1.29 is 38.6 Å². The van der Waals surface area contributed by atoms with Crippen LogP contribution in [0, 0.1) is 5.92 Å². The SMILES string of the molecule is CC1CC1N(C(=O)C(CC(N)=O)NC(=O)OC(C)(C)C)C(C(=O)NC(Cc1ccccc1)C(=O)OC(C)(C)C)c1ccc(O)cc1. The molecular formula is C34H46N4O8. The van der Waals surface area contributed by atoms with Crippen molar-refractivity contribution in [2.24, 2.45) is 11.7 Å². The predicted molar refractivity (Wildman–Crippen MR) is 170 cm³/mol. The molecule has 1 aliphatic rings. The minimum absolute atomic E-state index is 0.0157. The number of phenolic OH excluding ortho intramolecular Hbond substituents is 1. The van der Waals surface area contributed by atoms with E-state index >= 15 is 0 Å². The van der Waals surface area contributed by atoms with Gasteiger partial charge in [-0.25, -0.2) is 9.59 Å². The molecule has 0 heterocycles. The second-order valence-electron chi connectivity index (χ2n) is 13.7. The third kappa shape index (κ3) is 10.8. The molecule has 2 aromatic carbocycles. The van der Waals surface area contributed by atoms with E-state index in [9.17, 15) is 29.1 Å². The van der Waals surface area contributed by atoms with E-state index in [1.54, 1.807) is 41.5 Å². The van der Waals surface area contributed by atoms with Gasteiger partial charge in [0.15, 0.2) is 0 Å². The van der Waals surface area contributed by atoms with Gasteiger partial charge in [-0.15, -0.1) is 0 Å². The van der Waals surface area contributed by atoms with E-state index in [1.807, 2.05) is 37.3 Å². The highest BCUT2D eigenvalue weighted by Gasteiger charge is 2.49.